The largest absolute Gasteiger partial charge is 0.318 e. The van der Waals surface area contributed by atoms with Crippen LogP contribution in [0.4, 0.5) is 11.4 Å². The van der Waals surface area contributed by atoms with Crippen molar-refractivity contribution in [1.29, 1.82) is 0 Å². The Bertz CT molecular complexity index is 654. The molecule has 0 aliphatic carbocycles. The molecule has 2 rings (SSSR count). The number of halogens is 1. The molecule has 0 aliphatic heterocycles. The number of hydrogen-bond donors (Lipinski definition) is 2. The highest BCUT2D eigenvalue weighted by Gasteiger charge is 2.14. The maximum Gasteiger partial charge on any atom is 0.314 e. The Morgan fingerprint density at radius 3 is 2.14 bits per heavy atom. The van der Waals surface area contributed by atoms with E-state index in [0.717, 1.165) is 10.9 Å². The molecule has 2 aromatic rings. The molecular weight excluding hydrogens is 332 g/mol. The quantitative estimate of drug-likeness (QED) is 0.834. The van der Waals surface area contributed by atoms with Crippen molar-refractivity contribution in [3.8, 4) is 0 Å². The molecular formula is C16H15BrN2O2. The van der Waals surface area contributed by atoms with Gasteiger partial charge in [-0.15, -0.1) is 0 Å². The average Bonchev–Trinajstić information content (AvgIpc) is 2.48. The average molecular weight is 347 g/mol. The summed E-state index contributed by atoms with van der Waals surface area (Å²) in [6.45, 7) is 2.05. The maximum absolute atomic E-state index is 11.8. The minimum atomic E-state index is -0.701. The molecule has 0 saturated heterocycles. The minimum absolute atomic E-state index is 0.561. The summed E-state index contributed by atoms with van der Waals surface area (Å²) in [7, 11) is 0. The van der Waals surface area contributed by atoms with Gasteiger partial charge in [0.2, 0.25) is 0 Å². The molecule has 0 heterocycles. The van der Waals surface area contributed by atoms with E-state index in [4.69, 9.17) is 0 Å². The molecule has 0 aromatic heterocycles. The Balaban J connectivity index is 1.97. The lowest BCUT2D eigenvalue weighted by Crippen LogP contribution is -2.29. The number of aryl methyl sites for hydroxylation is 1. The summed E-state index contributed by atoms with van der Waals surface area (Å²) in [5.74, 6) is -1.40. The van der Waals surface area contributed by atoms with Gasteiger partial charge in [-0.1, -0.05) is 41.1 Å². The number of amides is 2. The van der Waals surface area contributed by atoms with Gasteiger partial charge in [0, 0.05) is 15.8 Å². The van der Waals surface area contributed by atoms with Gasteiger partial charge in [0.15, 0.2) is 0 Å². The molecule has 0 unspecified atom stereocenters. The van der Waals surface area contributed by atoms with Crippen LogP contribution in [0, 0.1) is 0 Å². The Hall–Kier alpha value is -2.14. The standard InChI is InChI=1S/C16H15BrN2O2/c1-2-11-6-8-13(9-7-11)18-15(20)16(21)19-14-5-3-4-12(17)10-14/h3-10H,2H2,1H3,(H,18,20)(H,19,21). The van der Waals surface area contributed by atoms with Crippen molar-refractivity contribution in [3.63, 3.8) is 0 Å². The van der Waals surface area contributed by atoms with E-state index in [-0.39, 0.29) is 0 Å². The van der Waals surface area contributed by atoms with E-state index >= 15 is 0 Å². The summed E-state index contributed by atoms with van der Waals surface area (Å²) in [6.07, 6.45) is 0.928. The van der Waals surface area contributed by atoms with Crippen molar-refractivity contribution in [3.05, 3.63) is 58.6 Å². The smallest absolute Gasteiger partial charge is 0.314 e. The predicted molar refractivity (Wildman–Crippen MR) is 87.2 cm³/mol. The summed E-state index contributed by atoms with van der Waals surface area (Å²) < 4.78 is 0.830. The fourth-order valence-corrected chi connectivity index (χ4v) is 2.16. The summed E-state index contributed by atoms with van der Waals surface area (Å²) >= 11 is 3.30. The lowest BCUT2D eigenvalue weighted by molar-refractivity contribution is -0.132. The highest BCUT2D eigenvalue weighted by Crippen LogP contribution is 2.16. The Morgan fingerprint density at radius 1 is 0.952 bits per heavy atom. The first kappa shape index (κ1) is 15.3. The lowest BCUT2D eigenvalue weighted by Gasteiger charge is -2.07. The van der Waals surface area contributed by atoms with Gasteiger partial charge in [0.1, 0.15) is 0 Å². The van der Waals surface area contributed by atoms with E-state index in [9.17, 15) is 9.59 Å². The van der Waals surface area contributed by atoms with E-state index < -0.39 is 11.8 Å². The van der Waals surface area contributed by atoms with Crippen LogP contribution in [0.15, 0.2) is 53.0 Å². The molecule has 2 N–H and O–H groups in total. The monoisotopic (exact) mass is 346 g/mol. The SMILES string of the molecule is CCc1ccc(NC(=O)C(=O)Nc2cccc(Br)c2)cc1. The summed E-state index contributed by atoms with van der Waals surface area (Å²) in [6, 6.07) is 14.5. The highest BCUT2D eigenvalue weighted by molar-refractivity contribution is 9.10. The van der Waals surface area contributed by atoms with Crippen molar-refractivity contribution >= 4 is 39.1 Å². The second-order valence-corrected chi connectivity index (χ2v) is 5.38. The third kappa shape index (κ3) is 4.43. The van der Waals surface area contributed by atoms with Crippen molar-refractivity contribution in [1.82, 2.24) is 0 Å². The summed E-state index contributed by atoms with van der Waals surface area (Å²) in [4.78, 5) is 23.6. The van der Waals surface area contributed by atoms with Crippen LogP contribution in [0.1, 0.15) is 12.5 Å². The zero-order valence-electron chi connectivity index (χ0n) is 11.5. The molecule has 0 spiro atoms. The first-order valence-corrected chi connectivity index (χ1v) is 7.34. The van der Waals surface area contributed by atoms with E-state index in [0.29, 0.717) is 11.4 Å². The number of carbonyl (C=O) groups is 2. The van der Waals surface area contributed by atoms with Crippen molar-refractivity contribution < 1.29 is 9.59 Å². The number of anilines is 2. The van der Waals surface area contributed by atoms with Crippen LogP contribution >= 0.6 is 15.9 Å². The molecule has 5 heteroatoms. The summed E-state index contributed by atoms with van der Waals surface area (Å²) in [5, 5.41) is 5.11. The molecule has 0 radical (unpaired) electrons. The Kier molecular flexibility index (Phi) is 5.11. The van der Waals surface area contributed by atoms with Gasteiger partial charge in [0.05, 0.1) is 0 Å². The van der Waals surface area contributed by atoms with E-state index in [1.165, 1.54) is 5.56 Å². The van der Waals surface area contributed by atoms with Gasteiger partial charge in [-0.25, -0.2) is 0 Å². The topological polar surface area (TPSA) is 58.2 Å². The molecule has 0 saturated carbocycles. The number of benzene rings is 2. The molecule has 21 heavy (non-hydrogen) atoms. The molecule has 0 atom stereocenters. The number of rotatable bonds is 3. The fraction of sp³-hybridized carbons (Fsp3) is 0.125. The molecule has 0 fully saturated rings. The van der Waals surface area contributed by atoms with Gasteiger partial charge < -0.3 is 10.6 Å². The third-order valence-electron chi connectivity index (χ3n) is 2.91. The van der Waals surface area contributed by atoms with Crippen molar-refractivity contribution in [2.45, 2.75) is 13.3 Å². The van der Waals surface area contributed by atoms with Crippen molar-refractivity contribution in [2.24, 2.45) is 0 Å². The van der Waals surface area contributed by atoms with E-state index in [2.05, 4.69) is 33.5 Å². The lowest BCUT2D eigenvalue weighted by atomic mass is 10.1. The second-order valence-electron chi connectivity index (χ2n) is 4.47. The minimum Gasteiger partial charge on any atom is -0.318 e. The maximum atomic E-state index is 11.8. The molecule has 0 bridgehead atoms. The van der Waals surface area contributed by atoms with Crippen LogP contribution in [-0.2, 0) is 16.0 Å². The van der Waals surface area contributed by atoms with Gasteiger partial charge in [0.25, 0.3) is 0 Å². The Labute approximate surface area is 131 Å². The van der Waals surface area contributed by atoms with Gasteiger partial charge in [-0.2, -0.15) is 0 Å². The highest BCUT2D eigenvalue weighted by atomic mass is 79.9. The molecule has 2 aromatic carbocycles. The fourth-order valence-electron chi connectivity index (χ4n) is 1.77. The molecule has 108 valence electrons. The Morgan fingerprint density at radius 2 is 1.57 bits per heavy atom. The molecule has 2 amide bonds. The predicted octanol–water partition coefficient (Wildman–Crippen LogP) is 3.59. The van der Waals surface area contributed by atoms with Gasteiger partial charge >= 0.3 is 11.8 Å². The van der Waals surface area contributed by atoms with Crippen molar-refractivity contribution in [2.75, 3.05) is 10.6 Å². The van der Waals surface area contributed by atoms with E-state index in [1.807, 2.05) is 18.2 Å². The van der Waals surface area contributed by atoms with Crippen LogP contribution in [-0.4, -0.2) is 11.8 Å². The molecule has 0 aliphatic rings. The van der Waals surface area contributed by atoms with Crippen LogP contribution < -0.4 is 10.6 Å². The van der Waals surface area contributed by atoms with Gasteiger partial charge in [-0.05, 0) is 42.3 Å². The number of nitrogens with one attached hydrogen (secondary N) is 2. The zero-order valence-corrected chi connectivity index (χ0v) is 13.1. The van der Waals surface area contributed by atoms with Crippen LogP contribution in [0.25, 0.3) is 0 Å². The second kappa shape index (κ2) is 7.04. The van der Waals surface area contributed by atoms with Crippen LogP contribution in [0.2, 0.25) is 0 Å². The number of carbonyl (C=O) groups excluding carboxylic acids is 2. The third-order valence-corrected chi connectivity index (χ3v) is 3.40. The number of hydrogen-bond acceptors (Lipinski definition) is 2. The first-order chi connectivity index (χ1) is 10.1. The normalized spacial score (nSPS) is 10.0. The van der Waals surface area contributed by atoms with Crippen LogP contribution in [0.5, 0.6) is 0 Å². The van der Waals surface area contributed by atoms with E-state index in [1.54, 1.807) is 30.3 Å². The first-order valence-electron chi connectivity index (χ1n) is 6.55. The zero-order chi connectivity index (χ0) is 15.2. The molecule has 4 nitrogen and oxygen atoms in total. The summed E-state index contributed by atoms with van der Waals surface area (Å²) in [5.41, 5.74) is 2.33. The van der Waals surface area contributed by atoms with Crippen LogP contribution in [0.3, 0.4) is 0 Å². The van der Waals surface area contributed by atoms with Gasteiger partial charge in [-0.3, -0.25) is 9.59 Å².